The van der Waals surface area contributed by atoms with Crippen LogP contribution in [0.5, 0.6) is 0 Å². The molecule has 5 nitrogen and oxygen atoms in total. The topological polar surface area (TPSA) is 59.3 Å². The number of aryl methyl sites for hydroxylation is 2. The Labute approximate surface area is 168 Å². The normalized spacial score (nSPS) is 12.4. The van der Waals surface area contributed by atoms with Crippen molar-refractivity contribution in [3.05, 3.63) is 71.3 Å². The second kappa shape index (κ2) is 7.64. The predicted octanol–water partition coefficient (Wildman–Crippen LogP) is 4.30. The number of hydrogen-bond donors (Lipinski definition) is 1. The zero-order valence-electron chi connectivity index (χ0n) is 16.1. The number of pyridine rings is 1. The third-order valence-electron chi connectivity index (χ3n) is 4.85. The molecule has 2 aromatic heterocycles. The Morgan fingerprint density at radius 3 is 2.64 bits per heavy atom. The Kier molecular flexibility index (Phi) is 5.05. The smallest absolute Gasteiger partial charge is 0.233 e. The Bertz CT molecular complexity index is 1150. The van der Waals surface area contributed by atoms with Crippen molar-refractivity contribution < 1.29 is 4.79 Å². The van der Waals surface area contributed by atoms with E-state index in [2.05, 4.69) is 52.0 Å². The molecule has 0 radical (unpaired) electrons. The molecule has 0 aliphatic rings. The van der Waals surface area contributed by atoms with E-state index in [9.17, 15) is 4.79 Å². The zero-order chi connectivity index (χ0) is 19.7. The molecular weight excluding hydrogens is 368 g/mol. The molecule has 6 heteroatoms. The van der Waals surface area contributed by atoms with Gasteiger partial charge in [-0.1, -0.05) is 60.3 Å². The van der Waals surface area contributed by atoms with Gasteiger partial charge in [0.25, 0.3) is 0 Å². The molecule has 0 saturated carbocycles. The van der Waals surface area contributed by atoms with E-state index in [-0.39, 0.29) is 11.2 Å². The maximum atomic E-state index is 12.6. The van der Waals surface area contributed by atoms with Crippen LogP contribution in [-0.2, 0) is 11.3 Å². The molecule has 0 fully saturated rings. The lowest BCUT2D eigenvalue weighted by atomic mass is 10.1. The van der Waals surface area contributed by atoms with Gasteiger partial charge in [-0.2, -0.15) is 0 Å². The molecule has 0 saturated heterocycles. The van der Waals surface area contributed by atoms with Crippen molar-refractivity contribution in [1.29, 1.82) is 0 Å². The fraction of sp³-hybridized carbons (Fsp3) is 0.227. The summed E-state index contributed by atoms with van der Waals surface area (Å²) in [6.45, 7) is 6.59. The van der Waals surface area contributed by atoms with E-state index in [1.54, 1.807) is 0 Å². The van der Waals surface area contributed by atoms with Crippen LogP contribution in [0.3, 0.4) is 0 Å². The first-order valence-electron chi connectivity index (χ1n) is 9.27. The van der Waals surface area contributed by atoms with Crippen LogP contribution < -0.4 is 5.32 Å². The van der Waals surface area contributed by atoms with Gasteiger partial charge in [-0.3, -0.25) is 9.20 Å². The quantitative estimate of drug-likeness (QED) is 0.516. The summed E-state index contributed by atoms with van der Waals surface area (Å²) in [5, 5.41) is 13.3. The molecule has 1 amide bonds. The Morgan fingerprint density at radius 1 is 1.07 bits per heavy atom. The van der Waals surface area contributed by atoms with Gasteiger partial charge in [-0.05, 0) is 43.5 Å². The van der Waals surface area contributed by atoms with Crippen molar-refractivity contribution in [1.82, 2.24) is 19.9 Å². The molecule has 28 heavy (non-hydrogen) atoms. The lowest BCUT2D eigenvalue weighted by molar-refractivity contribution is -0.120. The van der Waals surface area contributed by atoms with Gasteiger partial charge in [0.15, 0.2) is 10.8 Å². The number of fused-ring (bicyclic) bond motifs is 3. The Hall–Kier alpha value is -2.86. The van der Waals surface area contributed by atoms with Gasteiger partial charge in [0.05, 0.1) is 10.8 Å². The Morgan fingerprint density at radius 2 is 1.86 bits per heavy atom. The summed E-state index contributed by atoms with van der Waals surface area (Å²) in [6.07, 6.45) is 0. The number of carbonyl (C=O) groups excluding carboxylic acids is 1. The molecule has 0 aliphatic heterocycles. The maximum absolute atomic E-state index is 12.6. The van der Waals surface area contributed by atoms with E-state index in [4.69, 9.17) is 0 Å². The molecule has 1 unspecified atom stereocenters. The lowest BCUT2D eigenvalue weighted by Crippen LogP contribution is -2.30. The summed E-state index contributed by atoms with van der Waals surface area (Å²) >= 11 is 1.43. The van der Waals surface area contributed by atoms with Gasteiger partial charge < -0.3 is 5.32 Å². The van der Waals surface area contributed by atoms with E-state index in [0.717, 1.165) is 27.4 Å². The molecule has 0 aliphatic carbocycles. The maximum Gasteiger partial charge on any atom is 0.233 e. The van der Waals surface area contributed by atoms with Crippen molar-refractivity contribution in [2.24, 2.45) is 0 Å². The van der Waals surface area contributed by atoms with Gasteiger partial charge in [-0.15, -0.1) is 10.2 Å². The standard InChI is InChI=1S/C22H22N4OS/c1-14-8-7-11-18-15(2)12-19-24-25-22(26(19)20(14)18)28-16(3)21(27)23-13-17-9-5-4-6-10-17/h4-12,16H,13H2,1-3H3,(H,23,27). The number of nitrogens with one attached hydrogen (secondary N) is 1. The van der Waals surface area contributed by atoms with Crippen molar-refractivity contribution in [3.63, 3.8) is 0 Å². The van der Waals surface area contributed by atoms with Gasteiger partial charge in [-0.25, -0.2) is 0 Å². The van der Waals surface area contributed by atoms with Crippen LogP contribution in [0, 0.1) is 13.8 Å². The van der Waals surface area contributed by atoms with E-state index in [1.165, 1.54) is 22.7 Å². The molecule has 2 aromatic carbocycles. The minimum atomic E-state index is -0.281. The summed E-state index contributed by atoms with van der Waals surface area (Å²) in [7, 11) is 0. The minimum absolute atomic E-state index is 0.0151. The monoisotopic (exact) mass is 390 g/mol. The van der Waals surface area contributed by atoms with Crippen molar-refractivity contribution in [2.45, 2.75) is 37.7 Å². The summed E-state index contributed by atoms with van der Waals surface area (Å²) in [5.74, 6) is -0.0151. The summed E-state index contributed by atoms with van der Waals surface area (Å²) < 4.78 is 2.06. The Balaban J connectivity index is 1.60. The number of para-hydroxylation sites is 1. The fourth-order valence-electron chi connectivity index (χ4n) is 3.35. The largest absolute Gasteiger partial charge is 0.351 e. The number of benzene rings is 2. The second-order valence-electron chi connectivity index (χ2n) is 6.94. The first kappa shape index (κ1) is 18.5. The van der Waals surface area contributed by atoms with E-state index in [1.807, 2.05) is 43.3 Å². The van der Waals surface area contributed by atoms with Crippen molar-refractivity contribution in [2.75, 3.05) is 0 Å². The number of carbonyl (C=O) groups is 1. The third kappa shape index (κ3) is 3.47. The lowest BCUT2D eigenvalue weighted by Gasteiger charge is -2.13. The first-order valence-corrected chi connectivity index (χ1v) is 10.1. The number of nitrogens with zero attached hydrogens (tertiary/aromatic N) is 3. The number of rotatable bonds is 5. The van der Waals surface area contributed by atoms with Crippen LogP contribution in [0.4, 0.5) is 0 Å². The minimum Gasteiger partial charge on any atom is -0.351 e. The van der Waals surface area contributed by atoms with Crippen molar-refractivity contribution >= 4 is 34.2 Å². The molecule has 1 N–H and O–H groups in total. The second-order valence-corrected chi connectivity index (χ2v) is 8.25. The summed E-state index contributed by atoms with van der Waals surface area (Å²) in [6, 6.07) is 18.2. The van der Waals surface area contributed by atoms with Crippen LogP contribution in [0.1, 0.15) is 23.6 Å². The van der Waals surface area contributed by atoms with Crippen LogP contribution in [-0.4, -0.2) is 25.8 Å². The highest BCUT2D eigenvalue weighted by Gasteiger charge is 2.19. The summed E-state index contributed by atoms with van der Waals surface area (Å²) in [4.78, 5) is 12.6. The number of amides is 1. The average molecular weight is 391 g/mol. The highest BCUT2D eigenvalue weighted by atomic mass is 32.2. The molecule has 0 bridgehead atoms. The van der Waals surface area contributed by atoms with E-state index < -0.39 is 0 Å². The van der Waals surface area contributed by atoms with Crippen LogP contribution in [0.2, 0.25) is 0 Å². The number of hydrogen-bond acceptors (Lipinski definition) is 4. The average Bonchev–Trinajstić information content (AvgIpc) is 3.09. The van der Waals surface area contributed by atoms with Gasteiger partial charge in [0.2, 0.25) is 5.91 Å². The van der Waals surface area contributed by atoms with Crippen LogP contribution in [0.25, 0.3) is 16.6 Å². The third-order valence-corrected chi connectivity index (χ3v) is 5.89. The fourth-order valence-corrected chi connectivity index (χ4v) is 4.23. The van der Waals surface area contributed by atoms with E-state index in [0.29, 0.717) is 6.54 Å². The molecule has 142 valence electrons. The summed E-state index contributed by atoms with van der Waals surface area (Å²) in [5.41, 5.74) is 5.32. The molecule has 1 atom stereocenters. The highest BCUT2D eigenvalue weighted by molar-refractivity contribution is 8.00. The zero-order valence-corrected chi connectivity index (χ0v) is 17.0. The van der Waals surface area contributed by atoms with Crippen LogP contribution >= 0.6 is 11.8 Å². The SMILES string of the molecule is Cc1cc2nnc(SC(C)C(=O)NCc3ccccc3)n2c2c(C)cccc12. The van der Waals surface area contributed by atoms with Crippen molar-refractivity contribution in [3.8, 4) is 0 Å². The van der Waals surface area contributed by atoms with E-state index >= 15 is 0 Å². The van der Waals surface area contributed by atoms with Crippen LogP contribution in [0.15, 0.2) is 59.8 Å². The highest BCUT2D eigenvalue weighted by Crippen LogP contribution is 2.29. The number of thioether (sulfide) groups is 1. The molecule has 4 aromatic rings. The first-order chi connectivity index (χ1) is 13.5. The molecule has 2 heterocycles. The van der Waals surface area contributed by atoms with Gasteiger partial charge in [0, 0.05) is 11.9 Å². The molecule has 4 rings (SSSR count). The molecule has 0 spiro atoms. The predicted molar refractivity (Wildman–Crippen MR) is 114 cm³/mol. The van der Waals surface area contributed by atoms with Gasteiger partial charge in [0.1, 0.15) is 0 Å². The number of aromatic nitrogens is 3. The van der Waals surface area contributed by atoms with Gasteiger partial charge >= 0.3 is 0 Å². The molecular formula is C22H22N4OS.